The lowest BCUT2D eigenvalue weighted by Crippen LogP contribution is -2.43. The van der Waals surface area contributed by atoms with Crippen molar-refractivity contribution in [2.24, 2.45) is 0 Å². The Morgan fingerprint density at radius 2 is 1.84 bits per heavy atom. The lowest BCUT2D eigenvalue weighted by Gasteiger charge is -2.30. The van der Waals surface area contributed by atoms with Gasteiger partial charge in [0.05, 0.1) is 12.8 Å². The van der Waals surface area contributed by atoms with Crippen molar-refractivity contribution in [1.82, 2.24) is 19.7 Å². The van der Waals surface area contributed by atoms with Crippen LogP contribution >= 0.6 is 7.75 Å². The maximum atomic E-state index is 14.3. The molecule has 1 unspecified atom stereocenters. The Balaban J connectivity index is 1.58. The summed E-state index contributed by atoms with van der Waals surface area (Å²) in [6, 6.07) is 10.4. The zero-order chi connectivity index (χ0) is 31.9. The third-order valence-electron chi connectivity index (χ3n) is 7.69. The number of methoxy groups -OCH3 is 1. The fourth-order valence-corrected chi connectivity index (χ4v) is 7.19. The minimum atomic E-state index is -4.45. The number of para-hydroxylation sites is 1. The molecular weight excluding hydrogens is 597 g/mol. The van der Waals surface area contributed by atoms with Gasteiger partial charge in [-0.15, -0.1) is 0 Å². The van der Waals surface area contributed by atoms with E-state index in [9.17, 15) is 18.9 Å². The van der Waals surface area contributed by atoms with Crippen LogP contribution in [0.15, 0.2) is 48.8 Å². The Kier molecular flexibility index (Phi) is 8.42. The molecule has 16 heteroatoms. The van der Waals surface area contributed by atoms with Crippen LogP contribution in [0.1, 0.15) is 52.3 Å². The van der Waals surface area contributed by atoms with E-state index >= 15 is 0 Å². The van der Waals surface area contributed by atoms with Crippen LogP contribution in [0.25, 0.3) is 5.52 Å². The Hall–Kier alpha value is -4.04. The Bertz CT molecular complexity index is 1620. The molecule has 1 aliphatic heterocycles. The van der Waals surface area contributed by atoms with Gasteiger partial charge in [0, 0.05) is 12.8 Å². The highest BCUT2D eigenvalue weighted by atomic mass is 31.2. The summed E-state index contributed by atoms with van der Waals surface area (Å²) in [6.07, 6.45) is -2.35. The average Bonchev–Trinajstić information content (AvgIpc) is 3.28. The molecule has 2 aromatic heterocycles. The summed E-state index contributed by atoms with van der Waals surface area (Å²) in [4.78, 5) is 42.0. The molecule has 1 aliphatic carbocycles. The molecule has 0 amide bonds. The third kappa shape index (κ3) is 5.30. The number of ether oxygens (including phenoxy) is 4. The smallest absolute Gasteiger partial charge is 0.459 e. The molecule has 1 saturated heterocycles. The number of benzene rings is 1. The van der Waals surface area contributed by atoms with Gasteiger partial charge in [0.1, 0.15) is 41.4 Å². The van der Waals surface area contributed by atoms with E-state index in [1.807, 2.05) is 0 Å². The van der Waals surface area contributed by atoms with E-state index in [1.54, 1.807) is 63.2 Å². The topological polar surface area (TPSA) is 192 Å². The van der Waals surface area contributed by atoms with Crippen molar-refractivity contribution >= 4 is 37.0 Å². The lowest BCUT2D eigenvalue weighted by atomic mass is 10.0. The third-order valence-corrected chi connectivity index (χ3v) is 9.34. The monoisotopic (exact) mass is 631 g/mol. The second-order valence-corrected chi connectivity index (χ2v) is 12.1. The first-order valence-corrected chi connectivity index (χ1v) is 15.5. The summed E-state index contributed by atoms with van der Waals surface area (Å²) in [6.45, 7) is 6.21. The van der Waals surface area contributed by atoms with E-state index in [4.69, 9.17) is 33.7 Å². The quantitative estimate of drug-likeness (QED) is 0.168. The Morgan fingerprint density at radius 1 is 1.14 bits per heavy atom. The first-order chi connectivity index (χ1) is 20.9. The minimum Gasteiger partial charge on any atom is -0.468 e. The number of nitrogens with one attached hydrogen (secondary N) is 1. The van der Waals surface area contributed by atoms with Gasteiger partial charge < -0.3 is 29.2 Å². The second kappa shape index (κ2) is 11.8. The molecule has 0 radical (unpaired) electrons. The highest BCUT2D eigenvalue weighted by molar-refractivity contribution is 7.52. The summed E-state index contributed by atoms with van der Waals surface area (Å²) in [5, 5.41) is 6.86. The van der Waals surface area contributed by atoms with Crippen LogP contribution in [-0.4, -0.2) is 69.1 Å². The van der Waals surface area contributed by atoms with Gasteiger partial charge in [0.15, 0.2) is 11.9 Å². The van der Waals surface area contributed by atoms with E-state index in [0.717, 1.165) is 0 Å². The summed E-state index contributed by atoms with van der Waals surface area (Å²) in [5.74, 6) is -1.61. The van der Waals surface area contributed by atoms with Crippen LogP contribution in [0.2, 0.25) is 0 Å². The Morgan fingerprint density at radius 3 is 2.50 bits per heavy atom. The fourth-order valence-electron chi connectivity index (χ4n) is 5.42. The van der Waals surface area contributed by atoms with Crippen molar-refractivity contribution in [3.8, 4) is 5.75 Å². The van der Waals surface area contributed by atoms with E-state index < -0.39 is 61.2 Å². The van der Waals surface area contributed by atoms with Gasteiger partial charge >= 0.3 is 25.7 Å². The molecule has 0 spiro atoms. The van der Waals surface area contributed by atoms with Crippen LogP contribution < -0.4 is 15.3 Å². The van der Waals surface area contributed by atoms with E-state index in [0.29, 0.717) is 11.2 Å². The van der Waals surface area contributed by atoms with Crippen LogP contribution in [0, 0.1) is 0 Å². The lowest BCUT2D eigenvalue weighted by molar-refractivity contribution is -0.177. The summed E-state index contributed by atoms with van der Waals surface area (Å²) in [5.41, 5.74) is 3.66. The largest absolute Gasteiger partial charge is 0.468 e. The number of nitrogens with zero attached hydrogens (tertiary/aromatic N) is 3. The van der Waals surface area contributed by atoms with Crippen molar-refractivity contribution in [3.05, 3.63) is 54.5 Å². The Labute approximate surface area is 252 Å². The van der Waals surface area contributed by atoms with Gasteiger partial charge in [-0.05, 0) is 38.1 Å². The molecule has 3 N–H and O–H groups in total. The molecule has 2 aliphatic rings. The molecule has 44 heavy (non-hydrogen) atoms. The van der Waals surface area contributed by atoms with Crippen LogP contribution in [0.4, 0.5) is 5.82 Å². The predicted molar refractivity (Wildman–Crippen MR) is 153 cm³/mol. The van der Waals surface area contributed by atoms with Gasteiger partial charge in [-0.1, -0.05) is 32.0 Å². The van der Waals surface area contributed by atoms with Gasteiger partial charge in [-0.2, -0.15) is 10.2 Å². The summed E-state index contributed by atoms with van der Waals surface area (Å²) in [7, 11) is -3.27. The maximum absolute atomic E-state index is 14.3. The maximum Gasteiger partial charge on any atom is 0.459 e. The van der Waals surface area contributed by atoms with Gasteiger partial charge in [0.2, 0.25) is 5.60 Å². The number of carbonyl (C=O) groups excluding carboxylic acids is 3. The van der Waals surface area contributed by atoms with Crippen LogP contribution in [0.3, 0.4) is 0 Å². The van der Waals surface area contributed by atoms with Gasteiger partial charge in [0.25, 0.3) is 0 Å². The van der Waals surface area contributed by atoms with Crippen molar-refractivity contribution in [2.75, 3.05) is 12.8 Å². The van der Waals surface area contributed by atoms with Crippen LogP contribution in [0.5, 0.6) is 5.75 Å². The van der Waals surface area contributed by atoms with Crippen molar-refractivity contribution in [1.29, 1.82) is 0 Å². The molecule has 1 saturated carbocycles. The zero-order valence-corrected chi connectivity index (χ0v) is 25.7. The molecule has 2 fully saturated rings. The number of hydrogen-bond acceptors (Lipinski definition) is 13. The van der Waals surface area contributed by atoms with E-state index in [1.165, 1.54) is 24.9 Å². The number of rotatable bonds is 12. The van der Waals surface area contributed by atoms with E-state index in [2.05, 4.69) is 15.2 Å². The summed E-state index contributed by atoms with van der Waals surface area (Å²) < 4.78 is 50.9. The van der Waals surface area contributed by atoms with E-state index in [-0.39, 0.29) is 24.4 Å². The number of carbonyl (C=O) groups is 3. The number of hydrogen-bond donors (Lipinski definition) is 2. The second-order valence-electron chi connectivity index (χ2n) is 10.5. The predicted octanol–water partition coefficient (Wildman–Crippen LogP) is 2.89. The van der Waals surface area contributed by atoms with Gasteiger partial charge in [-0.25, -0.2) is 14.1 Å². The first-order valence-electron chi connectivity index (χ1n) is 14.0. The number of nitrogen functional groups attached to an aromatic ring is 1. The number of fused-ring (bicyclic) bond motifs is 2. The normalized spacial score (nSPS) is 27.5. The van der Waals surface area contributed by atoms with Crippen molar-refractivity contribution in [2.45, 2.75) is 76.1 Å². The molecule has 0 bridgehead atoms. The zero-order valence-electron chi connectivity index (χ0n) is 24.8. The molecular formula is C28H34N5O10P. The molecule has 3 aromatic rings. The molecule has 236 valence electrons. The molecule has 15 nitrogen and oxygen atoms in total. The highest BCUT2D eigenvalue weighted by Gasteiger charge is 2.91. The average molecular weight is 632 g/mol. The molecule has 1 aromatic carbocycles. The summed E-state index contributed by atoms with van der Waals surface area (Å²) >= 11 is 0. The van der Waals surface area contributed by atoms with Crippen LogP contribution in [-0.2, 0) is 42.4 Å². The van der Waals surface area contributed by atoms with Crippen molar-refractivity contribution in [3.63, 3.8) is 0 Å². The van der Waals surface area contributed by atoms with Crippen molar-refractivity contribution < 1.29 is 46.9 Å². The number of anilines is 1. The SMILES string of the molecule is CCC(=O)O[C@H]1[C@H](c2ccc3c(N)ncnn23)O[C@]2(C)C(O[P@](=O)(N[C@@H](C)C(=O)OC)Oc3ccccc3)[C@]12OC(=O)CC. The highest BCUT2D eigenvalue weighted by Crippen LogP contribution is 2.70. The molecule has 7 atom stereocenters. The first kappa shape index (κ1) is 31.4. The molecule has 3 heterocycles. The minimum absolute atomic E-state index is 0.00109. The van der Waals surface area contributed by atoms with Gasteiger partial charge in [-0.3, -0.25) is 18.9 Å². The molecule has 5 rings (SSSR count). The number of esters is 3. The standard InChI is InChI=1S/C28H34N5O10P/c1-6-20(34)39-23-22(18-13-14-19-24(29)30-15-31-33(18)19)41-27(4)26(28(23,27)40-21(35)7-2)43-44(37,32-16(3)25(36)38-5)42-17-11-9-8-10-12-17/h8-16,22-23,26H,6-7H2,1-5H3,(H,32,37)(H2,29,30,31)/t16-,22-,23-,26?,27+,28+,44-/m0/s1. The fraction of sp³-hybridized carbons (Fsp3) is 0.464. The number of aromatic nitrogens is 3. The number of nitrogens with two attached hydrogens (primary N) is 1.